The van der Waals surface area contributed by atoms with Crippen LogP contribution in [0.1, 0.15) is 27.7 Å². The van der Waals surface area contributed by atoms with E-state index in [-0.39, 0.29) is 17.9 Å². The van der Waals surface area contributed by atoms with E-state index in [1.165, 1.54) is 0 Å². The normalized spacial score (nSPS) is 15.1. The molecule has 0 radical (unpaired) electrons. The Labute approximate surface area is 92.4 Å². The Morgan fingerprint density at radius 3 is 2.27 bits per heavy atom. The number of rotatable bonds is 7. The number of hydrogen-bond acceptors (Lipinski definition) is 3. The maximum absolute atomic E-state index is 11.5. The van der Waals surface area contributed by atoms with Crippen molar-refractivity contribution in [2.45, 2.75) is 33.8 Å². The van der Waals surface area contributed by atoms with Crippen molar-refractivity contribution in [1.82, 2.24) is 10.6 Å². The van der Waals surface area contributed by atoms with Gasteiger partial charge in [0.05, 0.1) is 6.10 Å². The smallest absolute Gasteiger partial charge is 0.223 e. The Morgan fingerprint density at radius 2 is 1.80 bits per heavy atom. The van der Waals surface area contributed by atoms with Crippen molar-refractivity contribution < 1.29 is 9.90 Å². The zero-order valence-corrected chi connectivity index (χ0v) is 10.2. The molecule has 0 aliphatic heterocycles. The second kappa shape index (κ2) is 7.65. The summed E-state index contributed by atoms with van der Waals surface area (Å²) in [5.41, 5.74) is 0. The summed E-state index contributed by atoms with van der Waals surface area (Å²) < 4.78 is 0. The van der Waals surface area contributed by atoms with Crippen molar-refractivity contribution >= 4 is 5.91 Å². The molecule has 0 spiro atoms. The quantitative estimate of drug-likeness (QED) is 0.539. The van der Waals surface area contributed by atoms with E-state index in [1.54, 1.807) is 6.92 Å². The van der Waals surface area contributed by atoms with E-state index < -0.39 is 0 Å². The third-order valence-electron chi connectivity index (χ3n) is 2.45. The number of aliphatic hydroxyl groups excluding tert-OH is 1. The topological polar surface area (TPSA) is 61.4 Å². The molecule has 0 aliphatic carbocycles. The van der Waals surface area contributed by atoms with Crippen LogP contribution in [0.2, 0.25) is 0 Å². The van der Waals surface area contributed by atoms with Crippen molar-refractivity contribution in [3.05, 3.63) is 0 Å². The molecule has 0 heterocycles. The molecule has 2 atom stereocenters. The van der Waals surface area contributed by atoms with Crippen molar-refractivity contribution in [3.63, 3.8) is 0 Å². The van der Waals surface area contributed by atoms with Crippen molar-refractivity contribution in [1.29, 1.82) is 0 Å². The van der Waals surface area contributed by atoms with Gasteiger partial charge in [0.2, 0.25) is 5.91 Å². The SMILES string of the molecule is CC(O)CNCCNC(=O)C(C)C(C)C. The molecule has 3 N–H and O–H groups in total. The van der Waals surface area contributed by atoms with Gasteiger partial charge in [-0.25, -0.2) is 0 Å². The number of carbonyl (C=O) groups excluding carboxylic acids is 1. The highest BCUT2D eigenvalue weighted by Gasteiger charge is 2.15. The van der Waals surface area contributed by atoms with Crippen LogP contribution >= 0.6 is 0 Å². The Morgan fingerprint density at radius 1 is 1.20 bits per heavy atom. The fraction of sp³-hybridized carbons (Fsp3) is 0.909. The summed E-state index contributed by atoms with van der Waals surface area (Å²) in [6.45, 7) is 9.61. The molecule has 4 heteroatoms. The summed E-state index contributed by atoms with van der Waals surface area (Å²) in [7, 11) is 0. The molecule has 0 rings (SSSR count). The van der Waals surface area contributed by atoms with Gasteiger partial charge < -0.3 is 15.7 Å². The summed E-state index contributed by atoms with van der Waals surface area (Å²) in [6.07, 6.45) is -0.338. The van der Waals surface area contributed by atoms with Crippen LogP contribution in [-0.2, 0) is 4.79 Å². The van der Waals surface area contributed by atoms with Crippen LogP contribution in [0.5, 0.6) is 0 Å². The first-order valence-corrected chi connectivity index (χ1v) is 5.61. The zero-order valence-electron chi connectivity index (χ0n) is 10.2. The zero-order chi connectivity index (χ0) is 11.8. The van der Waals surface area contributed by atoms with E-state index in [4.69, 9.17) is 5.11 Å². The number of aliphatic hydroxyl groups is 1. The van der Waals surface area contributed by atoms with Gasteiger partial charge in [0, 0.05) is 25.6 Å². The largest absolute Gasteiger partial charge is 0.392 e. The lowest BCUT2D eigenvalue weighted by Gasteiger charge is -2.15. The van der Waals surface area contributed by atoms with Gasteiger partial charge in [-0.05, 0) is 12.8 Å². The average Bonchev–Trinajstić information content (AvgIpc) is 2.15. The third kappa shape index (κ3) is 7.33. The van der Waals surface area contributed by atoms with E-state index in [1.807, 2.05) is 20.8 Å². The first kappa shape index (κ1) is 14.4. The van der Waals surface area contributed by atoms with E-state index in [0.717, 1.165) is 0 Å². The summed E-state index contributed by atoms with van der Waals surface area (Å²) in [4.78, 5) is 11.5. The molecule has 0 bridgehead atoms. The van der Waals surface area contributed by atoms with Gasteiger partial charge >= 0.3 is 0 Å². The van der Waals surface area contributed by atoms with E-state index in [0.29, 0.717) is 25.6 Å². The molecule has 1 amide bonds. The van der Waals surface area contributed by atoms with E-state index in [2.05, 4.69) is 10.6 Å². The lowest BCUT2D eigenvalue weighted by molar-refractivity contribution is -0.125. The van der Waals surface area contributed by atoms with Gasteiger partial charge in [-0.1, -0.05) is 20.8 Å². The van der Waals surface area contributed by atoms with Gasteiger partial charge in [-0.3, -0.25) is 4.79 Å². The number of carbonyl (C=O) groups is 1. The summed E-state index contributed by atoms with van der Waals surface area (Å²) >= 11 is 0. The first-order chi connectivity index (χ1) is 6.95. The Kier molecular flexibility index (Phi) is 7.34. The summed E-state index contributed by atoms with van der Waals surface area (Å²) in [6, 6.07) is 0. The lowest BCUT2D eigenvalue weighted by atomic mass is 9.97. The molecule has 0 saturated carbocycles. The predicted octanol–water partition coefficient (Wildman–Crippen LogP) is 0.365. The highest BCUT2D eigenvalue weighted by atomic mass is 16.3. The molecule has 0 aromatic heterocycles. The van der Waals surface area contributed by atoms with Crippen LogP contribution in [-0.4, -0.2) is 36.8 Å². The van der Waals surface area contributed by atoms with Crippen LogP contribution in [0.4, 0.5) is 0 Å². The monoisotopic (exact) mass is 216 g/mol. The van der Waals surface area contributed by atoms with Crippen LogP contribution in [0.3, 0.4) is 0 Å². The third-order valence-corrected chi connectivity index (χ3v) is 2.45. The highest BCUT2D eigenvalue weighted by Crippen LogP contribution is 2.08. The fourth-order valence-electron chi connectivity index (χ4n) is 1.05. The second-order valence-corrected chi connectivity index (χ2v) is 4.38. The van der Waals surface area contributed by atoms with Gasteiger partial charge in [0.15, 0.2) is 0 Å². The maximum Gasteiger partial charge on any atom is 0.223 e. The van der Waals surface area contributed by atoms with Crippen molar-refractivity contribution in [2.24, 2.45) is 11.8 Å². The van der Waals surface area contributed by atoms with Gasteiger partial charge in [0.25, 0.3) is 0 Å². The molecule has 0 saturated heterocycles. The minimum Gasteiger partial charge on any atom is -0.392 e. The minimum atomic E-state index is -0.338. The van der Waals surface area contributed by atoms with Crippen LogP contribution < -0.4 is 10.6 Å². The summed E-state index contributed by atoms with van der Waals surface area (Å²) in [5.74, 6) is 0.529. The fourth-order valence-corrected chi connectivity index (χ4v) is 1.05. The molecule has 0 aliphatic rings. The van der Waals surface area contributed by atoms with Crippen LogP contribution in [0, 0.1) is 11.8 Å². The molecular formula is C11H24N2O2. The molecule has 0 fully saturated rings. The van der Waals surface area contributed by atoms with Crippen molar-refractivity contribution in [2.75, 3.05) is 19.6 Å². The first-order valence-electron chi connectivity index (χ1n) is 5.61. The van der Waals surface area contributed by atoms with Crippen LogP contribution in [0.15, 0.2) is 0 Å². The molecule has 4 nitrogen and oxygen atoms in total. The molecule has 2 unspecified atom stereocenters. The van der Waals surface area contributed by atoms with Crippen LogP contribution in [0.25, 0.3) is 0 Å². The summed E-state index contributed by atoms with van der Waals surface area (Å²) in [5, 5.41) is 14.9. The Bertz CT molecular complexity index is 181. The number of nitrogens with one attached hydrogen (secondary N) is 2. The average molecular weight is 216 g/mol. The molecular weight excluding hydrogens is 192 g/mol. The Hall–Kier alpha value is -0.610. The molecule has 0 aromatic rings. The second-order valence-electron chi connectivity index (χ2n) is 4.38. The maximum atomic E-state index is 11.5. The minimum absolute atomic E-state index is 0.0572. The van der Waals surface area contributed by atoms with Gasteiger partial charge in [-0.2, -0.15) is 0 Å². The molecule has 0 aromatic carbocycles. The number of amides is 1. The molecule has 15 heavy (non-hydrogen) atoms. The Balaban J connectivity index is 3.47. The highest BCUT2D eigenvalue weighted by molar-refractivity contribution is 5.78. The van der Waals surface area contributed by atoms with Gasteiger partial charge in [-0.15, -0.1) is 0 Å². The predicted molar refractivity (Wildman–Crippen MR) is 61.6 cm³/mol. The lowest BCUT2D eigenvalue weighted by Crippen LogP contribution is -2.37. The van der Waals surface area contributed by atoms with Crippen molar-refractivity contribution in [3.8, 4) is 0 Å². The standard InChI is InChI=1S/C11H24N2O2/c1-8(2)10(4)11(15)13-6-5-12-7-9(3)14/h8-10,12,14H,5-7H2,1-4H3,(H,13,15). The van der Waals surface area contributed by atoms with E-state index in [9.17, 15) is 4.79 Å². The van der Waals surface area contributed by atoms with E-state index >= 15 is 0 Å². The number of hydrogen-bond donors (Lipinski definition) is 3. The molecule has 90 valence electrons. The van der Waals surface area contributed by atoms with Gasteiger partial charge in [0.1, 0.15) is 0 Å².